The number of hydrogen-bond acceptors (Lipinski definition) is 6. The highest BCUT2D eigenvalue weighted by molar-refractivity contribution is 7.92. The molecule has 0 spiro atoms. The Morgan fingerprint density at radius 3 is 2.72 bits per heavy atom. The molecule has 1 atom stereocenters. The number of likely N-dealkylation sites (tertiary alicyclic amines) is 1. The predicted octanol–water partition coefficient (Wildman–Crippen LogP) is 1.49. The number of piperidine rings is 1. The van der Waals surface area contributed by atoms with Gasteiger partial charge in [0.15, 0.2) is 14.6 Å². The summed E-state index contributed by atoms with van der Waals surface area (Å²) in [6.07, 6.45) is 2.78. The molecule has 1 saturated heterocycles. The lowest BCUT2D eigenvalue weighted by Crippen LogP contribution is -2.45. The van der Waals surface area contributed by atoms with Crippen LogP contribution in [0.1, 0.15) is 26.2 Å². The van der Waals surface area contributed by atoms with Crippen molar-refractivity contribution in [2.24, 2.45) is 12.0 Å². The Labute approximate surface area is 173 Å². The second-order valence-electron chi connectivity index (χ2n) is 7.25. The van der Waals surface area contributed by atoms with Crippen molar-refractivity contribution in [3.63, 3.8) is 0 Å². The highest BCUT2D eigenvalue weighted by Gasteiger charge is 2.28. The summed E-state index contributed by atoms with van der Waals surface area (Å²) in [4.78, 5) is 30.6. The number of hydrogen-bond donors (Lipinski definition) is 0. The fourth-order valence-electron chi connectivity index (χ4n) is 3.47. The smallest absolute Gasteiger partial charge is 0.263 e. The normalized spacial score (nSPS) is 18.2. The molecule has 0 aliphatic carbocycles. The first-order valence-electron chi connectivity index (χ1n) is 9.41. The Bertz CT molecular complexity index is 1100. The van der Waals surface area contributed by atoms with Gasteiger partial charge in [-0.1, -0.05) is 11.3 Å². The first kappa shape index (κ1) is 21.5. The molecule has 1 aliphatic heterocycles. The third-order valence-corrected chi connectivity index (χ3v) is 7.52. The molecule has 1 aromatic heterocycles. The standard InChI is InChI=1S/C19H25N3O5S2/c1-13-6-4-5-9-22(13)18(24)12-29(25,26)11-17(23)20-19-21(2)15-8-7-14(27-3)10-16(15)28-19/h7-8,10,13H,4-6,9,11-12H2,1-3H3. The number of carbonyl (C=O) groups is 2. The van der Waals surface area contributed by atoms with Crippen molar-refractivity contribution < 1.29 is 22.7 Å². The van der Waals surface area contributed by atoms with E-state index in [1.807, 2.05) is 19.1 Å². The maximum atomic E-state index is 12.4. The van der Waals surface area contributed by atoms with Crippen molar-refractivity contribution in [3.8, 4) is 5.75 Å². The van der Waals surface area contributed by atoms with Crippen LogP contribution in [-0.2, 0) is 26.5 Å². The van der Waals surface area contributed by atoms with Crippen LogP contribution in [0.2, 0.25) is 0 Å². The van der Waals surface area contributed by atoms with Crippen molar-refractivity contribution >= 4 is 43.2 Å². The lowest BCUT2D eigenvalue weighted by Gasteiger charge is -2.33. The van der Waals surface area contributed by atoms with E-state index < -0.39 is 33.2 Å². The Morgan fingerprint density at radius 2 is 2.03 bits per heavy atom. The van der Waals surface area contributed by atoms with Crippen LogP contribution in [0.4, 0.5) is 0 Å². The minimum absolute atomic E-state index is 0.0291. The molecule has 10 heteroatoms. The minimum Gasteiger partial charge on any atom is -0.497 e. The predicted molar refractivity (Wildman–Crippen MR) is 112 cm³/mol. The number of fused-ring (bicyclic) bond motifs is 1. The summed E-state index contributed by atoms with van der Waals surface area (Å²) >= 11 is 1.27. The molecule has 1 aliphatic rings. The van der Waals surface area contributed by atoms with E-state index >= 15 is 0 Å². The lowest BCUT2D eigenvalue weighted by molar-refractivity contribution is -0.131. The van der Waals surface area contributed by atoms with Gasteiger partial charge in [0.2, 0.25) is 5.91 Å². The third kappa shape index (κ3) is 5.05. The average Bonchev–Trinajstić information content (AvgIpc) is 2.95. The van der Waals surface area contributed by atoms with Crippen LogP contribution >= 0.6 is 11.3 Å². The van der Waals surface area contributed by atoms with Crippen molar-refractivity contribution in [1.29, 1.82) is 0 Å². The van der Waals surface area contributed by atoms with Crippen molar-refractivity contribution in [1.82, 2.24) is 9.47 Å². The van der Waals surface area contributed by atoms with E-state index in [9.17, 15) is 18.0 Å². The molecular weight excluding hydrogens is 414 g/mol. The number of aromatic nitrogens is 1. The Kier molecular flexibility index (Phi) is 6.42. The van der Waals surface area contributed by atoms with E-state index in [2.05, 4.69) is 4.99 Å². The molecule has 2 amide bonds. The topological polar surface area (TPSA) is 98.0 Å². The van der Waals surface area contributed by atoms with Gasteiger partial charge in [0.05, 0.1) is 17.3 Å². The minimum atomic E-state index is -3.89. The van der Waals surface area contributed by atoms with E-state index in [0.717, 1.165) is 29.5 Å². The summed E-state index contributed by atoms with van der Waals surface area (Å²) in [6, 6.07) is 5.52. The summed E-state index contributed by atoms with van der Waals surface area (Å²) in [5.74, 6) is -1.97. The first-order chi connectivity index (χ1) is 13.7. The van der Waals surface area contributed by atoms with E-state index in [4.69, 9.17) is 4.74 Å². The lowest BCUT2D eigenvalue weighted by atomic mass is 10.0. The molecule has 0 bridgehead atoms. The molecule has 158 valence electrons. The maximum absolute atomic E-state index is 12.4. The van der Waals surface area contributed by atoms with E-state index in [0.29, 0.717) is 17.1 Å². The Morgan fingerprint density at radius 1 is 1.28 bits per heavy atom. The van der Waals surface area contributed by atoms with Gasteiger partial charge in [-0.15, -0.1) is 0 Å². The molecule has 8 nitrogen and oxygen atoms in total. The van der Waals surface area contributed by atoms with Crippen LogP contribution in [0.5, 0.6) is 5.75 Å². The number of thiazole rings is 1. The number of ether oxygens (including phenoxy) is 1. The number of methoxy groups -OCH3 is 1. The van der Waals surface area contributed by atoms with Crippen molar-refractivity contribution in [2.45, 2.75) is 32.2 Å². The molecule has 1 aromatic carbocycles. The number of aryl methyl sites for hydroxylation is 1. The van der Waals surface area contributed by atoms with Crippen LogP contribution in [0.25, 0.3) is 10.2 Å². The molecule has 2 aromatic rings. The summed E-state index contributed by atoms with van der Waals surface area (Å²) in [6.45, 7) is 2.48. The monoisotopic (exact) mass is 439 g/mol. The van der Waals surface area contributed by atoms with Crippen LogP contribution in [0.15, 0.2) is 23.2 Å². The SMILES string of the molecule is COc1ccc2c(c1)sc(=NC(=O)CS(=O)(=O)CC(=O)N1CCCCC1C)n2C. The molecule has 2 heterocycles. The van der Waals surface area contributed by atoms with Gasteiger partial charge < -0.3 is 14.2 Å². The molecule has 0 radical (unpaired) electrons. The zero-order valence-electron chi connectivity index (χ0n) is 16.8. The number of benzene rings is 1. The highest BCUT2D eigenvalue weighted by Crippen LogP contribution is 2.22. The number of carbonyl (C=O) groups excluding carboxylic acids is 2. The second kappa shape index (κ2) is 8.66. The van der Waals surface area contributed by atoms with Crippen LogP contribution < -0.4 is 9.54 Å². The van der Waals surface area contributed by atoms with Gasteiger partial charge in [-0.3, -0.25) is 9.59 Å². The third-order valence-electron chi connectivity index (χ3n) is 5.05. The number of amides is 2. The summed E-state index contributed by atoms with van der Waals surface area (Å²) in [5.41, 5.74) is 0.861. The fraction of sp³-hybridized carbons (Fsp3) is 0.526. The quantitative estimate of drug-likeness (QED) is 0.703. The first-order valence-corrected chi connectivity index (χ1v) is 12.0. The van der Waals surface area contributed by atoms with Gasteiger partial charge in [-0.25, -0.2) is 8.42 Å². The summed E-state index contributed by atoms with van der Waals surface area (Å²) < 4.78 is 32.6. The summed E-state index contributed by atoms with van der Waals surface area (Å²) in [7, 11) is -0.559. The Balaban J connectivity index is 1.74. The highest BCUT2D eigenvalue weighted by atomic mass is 32.2. The summed E-state index contributed by atoms with van der Waals surface area (Å²) in [5, 5.41) is 0. The zero-order chi connectivity index (χ0) is 21.2. The maximum Gasteiger partial charge on any atom is 0.263 e. The van der Waals surface area contributed by atoms with Crippen LogP contribution in [-0.4, -0.2) is 60.9 Å². The van der Waals surface area contributed by atoms with Gasteiger partial charge >= 0.3 is 0 Å². The van der Waals surface area contributed by atoms with E-state index in [-0.39, 0.29) is 6.04 Å². The zero-order valence-corrected chi connectivity index (χ0v) is 18.4. The molecule has 3 rings (SSSR count). The molecule has 1 unspecified atom stereocenters. The van der Waals surface area contributed by atoms with Crippen LogP contribution in [0, 0.1) is 0 Å². The second-order valence-corrected chi connectivity index (χ2v) is 10.3. The number of sulfone groups is 1. The molecule has 29 heavy (non-hydrogen) atoms. The molecular formula is C19H25N3O5S2. The number of rotatable bonds is 5. The van der Waals surface area contributed by atoms with Gasteiger partial charge in [-0.2, -0.15) is 4.99 Å². The van der Waals surface area contributed by atoms with Gasteiger partial charge in [0.1, 0.15) is 17.3 Å². The van der Waals surface area contributed by atoms with Crippen LogP contribution in [0.3, 0.4) is 0 Å². The van der Waals surface area contributed by atoms with Gasteiger partial charge in [-0.05, 0) is 44.4 Å². The fourth-order valence-corrected chi connectivity index (χ4v) is 5.61. The number of nitrogens with zero attached hydrogens (tertiary/aromatic N) is 3. The molecule has 0 saturated carbocycles. The Hall–Kier alpha value is -2.20. The van der Waals surface area contributed by atoms with E-state index in [1.54, 1.807) is 29.7 Å². The molecule has 0 N–H and O–H groups in total. The van der Waals surface area contributed by atoms with Crippen molar-refractivity contribution in [2.75, 3.05) is 25.2 Å². The largest absolute Gasteiger partial charge is 0.497 e. The average molecular weight is 440 g/mol. The van der Waals surface area contributed by atoms with Crippen molar-refractivity contribution in [3.05, 3.63) is 23.0 Å². The van der Waals surface area contributed by atoms with Gasteiger partial charge in [0, 0.05) is 19.6 Å². The molecule has 1 fully saturated rings. The van der Waals surface area contributed by atoms with Gasteiger partial charge in [0.25, 0.3) is 5.91 Å². The van der Waals surface area contributed by atoms with E-state index in [1.165, 1.54) is 11.3 Å².